The third kappa shape index (κ3) is 1.58. The lowest BCUT2D eigenvalue weighted by molar-refractivity contribution is -0.0503. The Labute approximate surface area is 88.8 Å². The molecule has 0 aliphatic carbocycles. The molecule has 1 aromatic heterocycles. The van der Waals surface area contributed by atoms with Crippen LogP contribution in [-0.4, -0.2) is 25.8 Å². The number of sulfonamides is 1. The number of nitrogens with two attached hydrogens (primary N) is 1. The zero-order chi connectivity index (χ0) is 11.9. The average molecular weight is 249 g/mol. The number of pyridine rings is 1. The molecule has 0 atom stereocenters. The number of ether oxygens (including phenoxy) is 1. The monoisotopic (exact) mass is 249 g/mol. The maximum Gasteiger partial charge on any atom is 0.387 e. The van der Waals surface area contributed by atoms with Crippen molar-refractivity contribution in [1.82, 2.24) is 4.98 Å². The van der Waals surface area contributed by atoms with Crippen LogP contribution >= 0.6 is 0 Å². The summed E-state index contributed by atoms with van der Waals surface area (Å²) in [5.74, 6) is -0.789. The van der Waals surface area contributed by atoms with Crippen LogP contribution in [0, 0.1) is 0 Å². The maximum atomic E-state index is 12.0. The van der Waals surface area contributed by atoms with Crippen molar-refractivity contribution in [2.45, 2.75) is 11.5 Å². The second kappa shape index (κ2) is 3.37. The molecule has 0 radical (unpaired) electrons. The van der Waals surface area contributed by atoms with E-state index in [9.17, 15) is 17.2 Å². The molecule has 0 fully saturated rings. The fourth-order valence-corrected chi connectivity index (χ4v) is 2.39. The highest BCUT2D eigenvalue weighted by Crippen LogP contribution is 2.31. The quantitative estimate of drug-likeness (QED) is 0.801. The first-order valence-electron chi connectivity index (χ1n) is 3.95. The highest BCUT2D eigenvalue weighted by Gasteiger charge is 2.31. The van der Waals surface area contributed by atoms with Crippen LogP contribution in [0.15, 0.2) is 21.7 Å². The molecule has 9 heteroatoms. The molecule has 1 aliphatic rings. The van der Waals surface area contributed by atoms with E-state index >= 15 is 0 Å². The maximum absolute atomic E-state index is 12.0. The topological polar surface area (TPSA) is 94.6 Å². The van der Waals surface area contributed by atoms with E-state index in [0.29, 0.717) is 0 Å². The van der Waals surface area contributed by atoms with Gasteiger partial charge in [0.25, 0.3) is 10.0 Å². The summed E-state index contributed by atoms with van der Waals surface area (Å²) in [6.07, 6.45) is 1.93. The molecule has 0 saturated heterocycles. The van der Waals surface area contributed by atoms with Gasteiger partial charge in [-0.15, -0.1) is 4.40 Å². The molecule has 0 unspecified atom stereocenters. The van der Waals surface area contributed by atoms with Crippen molar-refractivity contribution in [2.24, 2.45) is 10.1 Å². The standard InChI is InChI=1S/C7H5F2N3O3S/c8-7(9)15-3-1-11-2-4-5(3)6(10)12-16(4,13)14/h1-2,7H,(H2,10,12). The van der Waals surface area contributed by atoms with Gasteiger partial charge in [0.1, 0.15) is 10.7 Å². The third-order valence-corrected chi connectivity index (χ3v) is 3.15. The molecule has 86 valence electrons. The van der Waals surface area contributed by atoms with Gasteiger partial charge in [-0.25, -0.2) is 0 Å². The number of rotatable bonds is 2. The number of halogens is 2. The Morgan fingerprint density at radius 3 is 2.69 bits per heavy atom. The lowest BCUT2D eigenvalue weighted by atomic mass is 10.2. The van der Waals surface area contributed by atoms with Crippen molar-refractivity contribution in [3.05, 3.63) is 18.0 Å². The average Bonchev–Trinajstić information content (AvgIpc) is 2.37. The molecule has 0 saturated carbocycles. The molecule has 1 aromatic rings. The summed E-state index contributed by atoms with van der Waals surface area (Å²) in [4.78, 5) is 3.14. The summed E-state index contributed by atoms with van der Waals surface area (Å²) < 4.78 is 54.0. The summed E-state index contributed by atoms with van der Waals surface area (Å²) in [5.41, 5.74) is 5.15. The summed E-state index contributed by atoms with van der Waals surface area (Å²) >= 11 is 0. The lowest BCUT2D eigenvalue weighted by Gasteiger charge is -2.07. The van der Waals surface area contributed by atoms with Crippen LogP contribution in [0.2, 0.25) is 0 Å². The Morgan fingerprint density at radius 1 is 1.38 bits per heavy atom. The number of hydrogen-bond donors (Lipinski definition) is 1. The molecule has 0 bridgehead atoms. The van der Waals surface area contributed by atoms with Crippen molar-refractivity contribution in [2.75, 3.05) is 0 Å². The molecule has 2 rings (SSSR count). The number of hydrogen-bond acceptors (Lipinski definition) is 5. The molecule has 2 N–H and O–H groups in total. The van der Waals surface area contributed by atoms with Crippen LogP contribution in [0.3, 0.4) is 0 Å². The minimum atomic E-state index is -3.94. The Kier molecular flexibility index (Phi) is 2.26. The second-order valence-electron chi connectivity index (χ2n) is 2.84. The van der Waals surface area contributed by atoms with Gasteiger partial charge in [-0.2, -0.15) is 17.2 Å². The van der Waals surface area contributed by atoms with Crippen molar-refractivity contribution in [3.8, 4) is 5.75 Å². The van der Waals surface area contributed by atoms with Crippen LogP contribution in [0.4, 0.5) is 8.78 Å². The zero-order valence-corrected chi connectivity index (χ0v) is 8.41. The number of amidine groups is 1. The first-order chi connectivity index (χ1) is 7.42. The largest absolute Gasteiger partial charge is 0.432 e. The molecule has 16 heavy (non-hydrogen) atoms. The first-order valence-corrected chi connectivity index (χ1v) is 5.39. The minimum Gasteiger partial charge on any atom is -0.432 e. The van der Waals surface area contributed by atoms with Crippen molar-refractivity contribution >= 4 is 15.9 Å². The van der Waals surface area contributed by atoms with Gasteiger partial charge in [-0.05, 0) is 0 Å². The Hall–Kier alpha value is -1.77. The molecule has 1 aliphatic heterocycles. The molecule has 0 spiro atoms. The highest BCUT2D eigenvalue weighted by atomic mass is 32.2. The predicted octanol–water partition coefficient (Wildman–Crippen LogP) is 0.0906. The van der Waals surface area contributed by atoms with E-state index in [1.165, 1.54) is 0 Å². The van der Waals surface area contributed by atoms with Gasteiger partial charge in [-0.1, -0.05) is 0 Å². The van der Waals surface area contributed by atoms with Gasteiger partial charge in [-0.3, -0.25) is 4.98 Å². The van der Waals surface area contributed by atoms with Crippen LogP contribution < -0.4 is 10.5 Å². The van der Waals surface area contributed by atoms with Crippen LogP contribution in [0.25, 0.3) is 0 Å². The van der Waals surface area contributed by atoms with Crippen LogP contribution in [-0.2, 0) is 10.0 Å². The Morgan fingerprint density at radius 2 is 2.06 bits per heavy atom. The van der Waals surface area contributed by atoms with E-state index in [4.69, 9.17) is 5.73 Å². The number of nitrogens with zero attached hydrogens (tertiary/aromatic N) is 2. The van der Waals surface area contributed by atoms with Gasteiger partial charge >= 0.3 is 6.61 Å². The molecule has 6 nitrogen and oxygen atoms in total. The summed E-state index contributed by atoms with van der Waals surface area (Å²) in [6.45, 7) is -3.09. The van der Waals surface area contributed by atoms with E-state index in [0.717, 1.165) is 12.4 Å². The SMILES string of the molecule is NC1=NS(=O)(=O)c2cncc(OC(F)F)c21. The van der Waals surface area contributed by atoms with E-state index in [2.05, 4.69) is 14.1 Å². The second-order valence-corrected chi connectivity index (χ2v) is 4.41. The van der Waals surface area contributed by atoms with E-state index < -0.39 is 22.4 Å². The van der Waals surface area contributed by atoms with Gasteiger partial charge in [0.15, 0.2) is 5.75 Å². The Bertz CT molecular complexity index is 570. The normalized spacial score (nSPS) is 17.1. The van der Waals surface area contributed by atoms with Gasteiger partial charge in [0.2, 0.25) is 0 Å². The van der Waals surface area contributed by atoms with E-state index in [1.807, 2.05) is 0 Å². The lowest BCUT2D eigenvalue weighted by Crippen LogP contribution is -2.14. The third-order valence-electron chi connectivity index (χ3n) is 1.85. The fourth-order valence-electron chi connectivity index (χ4n) is 1.28. The van der Waals surface area contributed by atoms with E-state index in [-0.39, 0.29) is 16.3 Å². The molecular formula is C7H5F2N3O3S. The van der Waals surface area contributed by atoms with Crippen molar-refractivity contribution in [1.29, 1.82) is 0 Å². The summed E-state index contributed by atoms with van der Waals surface area (Å²) in [5, 5.41) is 0. The smallest absolute Gasteiger partial charge is 0.387 e. The van der Waals surface area contributed by atoms with Gasteiger partial charge in [0.05, 0.1) is 11.8 Å². The fraction of sp³-hybridized carbons (Fsp3) is 0.143. The van der Waals surface area contributed by atoms with Crippen molar-refractivity contribution in [3.63, 3.8) is 0 Å². The Balaban J connectivity index is 2.63. The summed E-state index contributed by atoms with van der Waals surface area (Å²) in [7, 11) is -3.94. The zero-order valence-electron chi connectivity index (χ0n) is 7.59. The highest BCUT2D eigenvalue weighted by molar-refractivity contribution is 7.90. The van der Waals surface area contributed by atoms with Crippen LogP contribution in [0.1, 0.15) is 5.56 Å². The summed E-state index contributed by atoms with van der Waals surface area (Å²) in [6, 6.07) is 0. The number of fused-ring (bicyclic) bond motifs is 1. The van der Waals surface area contributed by atoms with Crippen molar-refractivity contribution < 1.29 is 21.9 Å². The molecular weight excluding hydrogens is 244 g/mol. The first kappa shape index (κ1) is 10.7. The van der Waals surface area contributed by atoms with Gasteiger partial charge in [0, 0.05) is 6.20 Å². The van der Waals surface area contributed by atoms with Gasteiger partial charge < -0.3 is 10.5 Å². The molecule has 0 aromatic carbocycles. The minimum absolute atomic E-state index is 0.171. The molecule has 2 heterocycles. The number of aromatic nitrogens is 1. The molecule has 0 amide bonds. The van der Waals surface area contributed by atoms with E-state index in [1.54, 1.807) is 0 Å². The van der Waals surface area contributed by atoms with Crippen LogP contribution in [0.5, 0.6) is 5.75 Å². The predicted molar refractivity (Wildman–Crippen MR) is 48.8 cm³/mol. The number of alkyl halides is 2.